The molecular formula is C54H73Li3N6O3+2. The van der Waals surface area contributed by atoms with Gasteiger partial charge < -0.3 is 46.8 Å². The molecule has 0 unspecified atom stereocenters. The van der Waals surface area contributed by atoms with Crippen LogP contribution in [0.25, 0.3) is 16.3 Å². The molecule has 3 saturated heterocycles. The second kappa shape index (κ2) is 46.2. The van der Waals surface area contributed by atoms with E-state index in [0.717, 1.165) is 73.8 Å². The molecule has 9 rings (SSSR count). The summed E-state index contributed by atoms with van der Waals surface area (Å²) in [7, 11) is 0. The third-order valence-corrected chi connectivity index (χ3v) is 9.12. The molecule has 338 valence electrons. The van der Waals surface area contributed by atoms with Crippen molar-refractivity contribution in [3.8, 4) is 0 Å². The molecule has 0 aromatic heterocycles. The summed E-state index contributed by atoms with van der Waals surface area (Å²) < 4.78 is 14.8. The molecule has 12 heteroatoms. The average molecular weight is 875 g/mol. The Morgan fingerprint density at radius 1 is 0.379 bits per heavy atom. The molecule has 3 aliphatic heterocycles. The quantitative estimate of drug-likeness (QED) is 0.0544. The fraction of sp³-hybridized carbons (Fsp3) is 0.333. The summed E-state index contributed by atoms with van der Waals surface area (Å²) in [5, 5.41) is 0. The number of quaternary nitrogens is 2. The van der Waals surface area contributed by atoms with Crippen LogP contribution in [-0.2, 0) is 14.2 Å². The Bertz CT molecular complexity index is 1480. The second-order valence-electron chi connectivity index (χ2n) is 14.6. The van der Waals surface area contributed by atoms with Gasteiger partial charge in [-0.25, -0.2) is 0 Å². The Morgan fingerprint density at radius 2 is 0.652 bits per heavy atom. The number of nitrogens with one attached hydrogen (secondary N) is 1. The molecule has 3 fully saturated rings. The number of nitrogens with two attached hydrogens (primary N) is 2. The molecule has 66 heavy (non-hydrogen) atoms. The van der Waals surface area contributed by atoms with E-state index in [1.807, 2.05) is 193 Å². The molecule has 6 aromatic carbocycles. The SMILES string of the molecule is C1CCOC1.C1CCOC1.C1CCOC1.CCCCCC.[Li+].[Li+].[Li+].c1ccc([N-]Nc2ccccc2)cc1.c1ccc([N-][NH2+]c2ccccc2)cc1.c1ccc([N-][NH2+]c2ccccc2)cc1. The molecule has 0 radical (unpaired) electrons. The molecule has 0 spiro atoms. The molecule has 9 nitrogen and oxygen atoms in total. The van der Waals surface area contributed by atoms with Gasteiger partial charge in [0.1, 0.15) is 11.4 Å². The third kappa shape index (κ3) is 35.3. The summed E-state index contributed by atoms with van der Waals surface area (Å²) in [6, 6.07) is 59.7. The maximum absolute atomic E-state index is 4.94. The van der Waals surface area contributed by atoms with Crippen LogP contribution in [0.3, 0.4) is 0 Å². The van der Waals surface area contributed by atoms with Crippen LogP contribution in [0.4, 0.5) is 34.1 Å². The molecule has 0 saturated carbocycles. The third-order valence-electron chi connectivity index (χ3n) is 9.12. The van der Waals surface area contributed by atoms with E-state index >= 15 is 0 Å². The maximum atomic E-state index is 4.94. The van der Waals surface area contributed by atoms with Crippen LogP contribution in [0.5, 0.6) is 0 Å². The van der Waals surface area contributed by atoms with E-state index < -0.39 is 0 Å². The van der Waals surface area contributed by atoms with Gasteiger partial charge in [-0.15, -0.1) is 5.69 Å². The van der Waals surface area contributed by atoms with Crippen molar-refractivity contribution < 1.29 is 81.6 Å². The molecule has 5 N–H and O–H groups in total. The Kier molecular flexibility index (Phi) is 43.5. The summed E-state index contributed by atoms with van der Waals surface area (Å²) in [4.78, 5) is 0. The summed E-state index contributed by atoms with van der Waals surface area (Å²) in [5.41, 5.74) is 25.8. The van der Waals surface area contributed by atoms with Gasteiger partial charge in [0.25, 0.3) is 0 Å². The van der Waals surface area contributed by atoms with Gasteiger partial charge in [-0.1, -0.05) is 196 Å². The minimum absolute atomic E-state index is 0. The predicted molar refractivity (Wildman–Crippen MR) is 264 cm³/mol. The number of hydrogen-bond acceptors (Lipinski definition) is 4. The van der Waals surface area contributed by atoms with Gasteiger partial charge in [0.05, 0.1) is 0 Å². The summed E-state index contributed by atoms with van der Waals surface area (Å²) in [5.74, 6) is 0. The molecule has 0 atom stereocenters. The maximum Gasteiger partial charge on any atom is 1.00 e. The predicted octanol–water partition coefficient (Wildman–Crippen LogP) is 4.71. The van der Waals surface area contributed by atoms with Crippen molar-refractivity contribution in [2.45, 2.75) is 78.1 Å². The summed E-state index contributed by atoms with van der Waals surface area (Å²) in [6.45, 7) is 10.5. The van der Waals surface area contributed by atoms with Crippen molar-refractivity contribution >= 4 is 34.1 Å². The Hall–Kier alpha value is -3.89. The number of benzene rings is 6. The smallest absolute Gasteiger partial charge is 0.598 e. The van der Waals surface area contributed by atoms with Crippen LogP contribution in [0, 0.1) is 0 Å². The van der Waals surface area contributed by atoms with Crippen LogP contribution in [-0.4, -0.2) is 39.6 Å². The van der Waals surface area contributed by atoms with Gasteiger partial charge >= 0.3 is 56.6 Å². The zero-order chi connectivity index (χ0) is 44.4. The van der Waals surface area contributed by atoms with Crippen LogP contribution >= 0.6 is 0 Å². The molecule has 0 amide bonds. The van der Waals surface area contributed by atoms with E-state index in [2.05, 4.69) is 35.6 Å². The van der Waals surface area contributed by atoms with E-state index in [1.165, 1.54) is 64.2 Å². The van der Waals surface area contributed by atoms with Crippen LogP contribution < -0.4 is 72.9 Å². The largest absolute Gasteiger partial charge is 1.00 e. The van der Waals surface area contributed by atoms with E-state index in [4.69, 9.17) is 14.2 Å². The first kappa shape index (κ1) is 62.1. The standard InChI is InChI=1S/2C12H12N2.C12H11N2.C6H14.3C4H8O.3Li/c3*1-3-7-11(8-4-1)13-14-12-9-5-2-6-10-12;1-3-5-6-4-2;3*1-2-4-5-3-1;;;/h2*1-10H,13H2;1-10,13H;3-6H2,1-2H3;3*1-4H2;;;/q;;-1;;;;;3*+1. The fourth-order valence-corrected chi connectivity index (χ4v) is 5.58. The molecule has 0 aliphatic carbocycles. The zero-order valence-corrected chi connectivity index (χ0v) is 40.9. The number of unbranched alkanes of at least 4 members (excludes halogenated alkanes) is 3. The first-order valence-electron chi connectivity index (χ1n) is 22.8. The molecule has 6 aromatic rings. The van der Waals surface area contributed by atoms with E-state index in [0.29, 0.717) is 0 Å². The number of para-hydroxylation sites is 2. The van der Waals surface area contributed by atoms with Gasteiger partial charge in [0.15, 0.2) is 0 Å². The van der Waals surface area contributed by atoms with Crippen LogP contribution in [0.15, 0.2) is 182 Å². The fourth-order valence-electron chi connectivity index (χ4n) is 5.58. The van der Waals surface area contributed by atoms with Crippen LogP contribution in [0.1, 0.15) is 78.1 Å². The Morgan fingerprint density at radius 3 is 0.924 bits per heavy atom. The Labute approximate surface area is 434 Å². The number of ether oxygens (including phenoxy) is 3. The van der Waals surface area contributed by atoms with Crippen molar-refractivity contribution in [2.75, 3.05) is 45.1 Å². The summed E-state index contributed by atoms with van der Waals surface area (Å²) >= 11 is 0. The number of rotatable bonds is 12. The average Bonchev–Trinajstić information content (AvgIpc) is 4.24. The van der Waals surface area contributed by atoms with Crippen LogP contribution in [0.2, 0.25) is 0 Å². The first-order valence-corrected chi connectivity index (χ1v) is 22.8. The topological polar surface area (TPSA) is 115 Å². The van der Waals surface area contributed by atoms with Crippen molar-refractivity contribution in [3.05, 3.63) is 198 Å². The van der Waals surface area contributed by atoms with E-state index in [1.54, 1.807) is 0 Å². The minimum atomic E-state index is 0. The van der Waals surface area contributed by atoms with Crippen molar-refractivity contribution in [2.24, 2.45) is 0 Å². The van der Waals surface area contributed by atoms with Gasteiger partial charge in [-0.05, 0) is 74.9 Å². The van der Waals surface area contributed by atoms with Gasteiger partial charge in [0.2, 0.25) is 0 Å². The molecular weight excluding hydrogens is 801 g/mol. The summed E-state index contributed by atoms with van der Waals surface area (Å²) in [6.07, 6.45) is 13.2. The number of anilines is 1. The van der Waals surface area contributed by atoms with E-state index in [9.17, 15) is 0 Å². The van der Waals surface area contributed by atoms with Gasteiger partial charge in [-0.3, -0.25) is 0 Å². The molecule has 0 bridgehead atoms. The monoisotopic (exact) mass is 875 g/mol. The minimum Gasteiger partial charge on any atom is -0.598 e. The first-order chi connectivity index (χ1) is 31.3. The van der Waals surface area contributed by atoms with E-state index in [-0.39, 0.29) is 56.6 Å². The normalized spacial score (nSPS) is 12.4. The second-order valence-corrected chi connectivity index (χ2v) is 14.6. The zero-order valence-electron chi connectivity index (χ0n) is 40.9. The van der Waals surface area contributed by atoms with Gasteiger partial charge in [0, 0.05) is 45.3 Å². The van der Waals surface area contributed by atoms with Crippen molar-refractivity contribution in [1.82, 2.24) is 0 Å². The molecule has 3 aliphatic rings. The van der Waals surface area contributed by atoms with Gasteiger partial charge in [-0.2, -0.15) is 0 Å². The Balaban J connectivity index is 0.000000777. The molecule has 3 heterocycles. The number of hydrogen-bond donors (Lipinski definition) is 3. The number of nitrogens with zero attached hydrogens (tertiary/aromatic N) is 3. The van der Waals surface area contributed by atoms with Crippen molar-refractivity contribution in [1.29, 1.82) is 0 Å². The van der Waals surface area contributed by atoms with Crippen molar-refractivity contribution in [3.63, 3.8) is 0 Å².